The number of benzene rings is 2. The molecule has 1 N–H and O–H groups in total. The fourth-order valence-electron chi connectivity index (χ4n) is 3.09. The Morgan fingerprint density at radius 3 is 2.76 bits per heavy atom. The molecule has 2 heteroatoms. The van der Waals surface area contributed by atoms with Gasteiger partial charge in [0.15, 0.2) is 0 Å². The van der Waals surface area contributed by atoms with Gasteiger partial charge in [-0.15, -0.1) is 0 Å². The van der Waals surface area contributed by atoms with Gasteiger partial charge in [-0.2, -0.15) is 0 Å². The summed E-state index contributed by atoms with van der Waals surface area (Å²) in [7, 11) is 0. The topological polar surface area (TPSA) is 19.0 Å². The number of hydrogen-bond donors (Lipinski definition) is 1. The van der Waals surface area contributed by atoms with Crippen LogP contribution in [0.15, 0.2) is 54.6 Å². The van der Waals surface area contributed by atoms with Gasteiger partial charge in [-0.05, 0) is 24.1 Å². The number of aryl methyl sites for hydroxylation is 1. The smallest absolute Gasteiger partial charge is 0.114 e. The third-order valence-electron chi connectivity index (χ3n) is 4.27. The summed E-state index contributed by atoms with van der Waals surface area (Å²) in [5.41, 5.74) is 5.26. The number of anilines is 1. The summed E-state index contributed by atoms with van der Waals surface area (Å²) >= 11 is 0. The lowest BCUT2D eigenvalue weighted by molar-refractivity contribution is 0.842. The number of aromatic amines is 1. The zero-order valence-electron chi connectivity index (χ0n) is 12.1. The Morgan fingerprint density at radius 2 is 1.86 bits per heavy atom. The van der Waals surface area contributed by atoms with E-state index in [0.717, 1.165) is 13.1 Å². The van der Waals surface area contributed by atoms with Crippen molar-refractivity contribution in [1.29, 1.82) is 0 Å². The van der Waals surface area contributed by atoms with Crippen molar-refractivity contribution in [2.24, 2.45) is 0 Å². The molecule has 0 unspecified atom stereocenters. The molecule has 1 aliphatic rings. The predicted molar refractivity (Wildman–Crippen MR) is 89.6 cm³/mol. The first kappa shape index (κ1) is 12.3. The van der Waals surface area contributed by atoms with Crippen LogP contribution in [0.2, 0.25) is 0 Å². The van der Waals surface area contributed by atoms with Crippen LogP contribution in [0.3, 0.4) is 0 Å². The molecular weight excluding hydrogens is 256 g/mol. The number of fused-ring (bicyclic) bond motifs is 3. The Labute approximate surface area is 124 Å². The van der Waals surface area contributed by atoms with Crippen molar-refractivity contribution in [2.45, 2.75) is 13.5 Å². The van der Waals surface area contributed by atoms with E-state index in [0.29, 0.717) is 0 Å². The molecule has 0 radical (unpaired) electrons. The number of hydrogen-bond acceptors (Lipinski definition) is 1. The summed E-state index contributed by atoms with van der Waals surface area (Å²) in [6.45, 7) is 4.08. The Balaban J connectivity index is 1.77. The highest BCUT2D eigenvalue weighted by atomic mass is 15.2. The normalized spacial score (nSPS) is 13.7. The average molecular weight is 274 g/mol. The van der Waals surface area contributed by atoms with Crippen LogP contribution in [0.5, 0.6) is 0 Å². The van der Waals surface area contributed by atoms with Crippen molar-refractivity contribution in [1.82, 2.24) is 4.98 Å². The Hall–Kier alpha value is -2.48. The lowest BCUT2D eigenvalue weighted by Crippen LogP contribution is -2.25. The number of aromatic nitrogens is 1. The molecule has 104 valence electrons. The van der Waals surface area contributed by atoms with Crippen LogP contribution in [0.4, 0.5) is 5.82 Å². The van der Waals surface area contributed by atoms with Crippen molar-refractivity contribution in [3.05, 3.63) is 71.3 Å². The SMILES string of the molecule is Cc1ccccc1CN1CC=Cc2c1[nH]c1ccccc21. The quantitative estimate of drug-likeness (QED) is 0.728. The fraction of sp³-hybridized carbons (Fsp3) is 0.158. The standard InChI is InChI=1S/C19H18N2/c1-14-7-2-3-8-15(14)13-21-12-6-10-17-16-9-4-5-11-18(16)20-19(17)21/h2-11,20H,12-13H2,1H3. The van der Waals surface area contributed by atoms with Crippen LogP contribution in [-0.4, -0.2) is 11.5 Å². The monoisotopic (exact) mass is 274 g/mol. The molecule has 3 aromatic rings. The van der Waals surface area contributed by atoms with Gasteiger partial charge in [-0.25, -0.2) is 0 Å². The van der Waals surface area contributed by atoms with E-state index in [1.165, 1.54) is 33.4 Å². The highest BCUT2D eigenvalue weighted by molar-refractivity contribution is 5.96. The predicted octanol–water partition coefficient (Wildman–Crippen LogP) is 4.51. The summed E-state index contributed by atoms with van der Waals surface area (Å²) in [4.78, 5) is 5.99. The maximum Gasteiger partial charge on any atom is 0.114 e. The summed E-state index contributed by atoms with van der Waals surface area (Å²) in [6.07, 6.45) is 4.49. The van der Waals surface area contributed by atoms with E-state index in [2.05, 4.69) is 77.5 Å². The first-order valence-electron chi connectivity index (χ1n) is 7.39. The van der Waals surface area contributed by atoms with Crippen LogP contribution in [0.1, 0.15) is 16.7 Å². The molecule has 0 spiro atoms. The van der Waals surface area contributed by atoms with Gasteiger partial charge < -0.3 is 9.88 Å². The minimum Gasteiger partial charge on any atom is -0.350 e. The summed E-state index contributed by atoms with van der Waals surface area (Å²) in [5.74, 6) is 1.24. The van der Waals surface area contributed by atoms with Gasteiger partial charge in [0.1, 0.15) is 5.82 Å². The minimum absolute atomic E-state index is 0.941. The van der Waals surface area contributed by atoms with Crippen molar-refractivity contribution in [3.8, 4) is 0 Å². The lowest BCUT2D eigenvalue weighted by Gasteiger charge is -2.26. The zero-order chi connectivity index (χ0) is 14.2. The maximum atomic E-state index is 3.58. The molecule has 0 atom stereocenters. The van der Waals surface area contributed by atoms with E-state index < -0.39 is 0 Å². The summed E-state index contributed by atoms with van der Waals surface area (Å²) in [6, 6.07) is 17.1. The largest absolute Gasteiger partial charge is 0.350 e. The molecular formula is C19H18N2. The second-order valence-corrected chi connectivity index (χ2v) is 5.64. The van der Waals surface area contributed by atoms with Crippen LogP contribution in [0.25, 0.3) is 17.0 Å². The Bertz CT molecular complexity index is 826. The van der Waals surface area contributed by atoms with E-state index in [9.17, 15) is 0 Å². The van der Waals surface area contributed by atoms with Gasteiger partial charge in [0.25, 0.3) is 0 Å². The van der Waals surface area contributed by atoms with Crippen molar-refractivity contribution in [3.63, 3.8) is 0 Å². The number of rotatable bonds is 2. The number of nitrogens with zero attached hydrogens (tertiary/aromatic N) is 1. The maximum absolute atomic E-state index is 3.58. The van der Waals surface area contributed by atoms with E-state index in [1.54, 1.807) is 0 Å². The van der Waals surface area contributed by atoms with Crippen LogP contribution in [-0.2, 0) is 6.54 Å². The molecule has 0 amide bonds. The van der Waals surface area contributed by atoms with Gasteiger partial charge in [0.2, 0.25) is 0 Å². The Morgan fingerprint density at radius 1 is 1.05 bits per heavy atom. The highest BCUT2D eigenvalue weighted by Crippen LogP contribution is 2.33. The van der Waals surface area contributed by atoms with E-state index in [1.807, 2.05) is 0 Å². The molecule has 1 aromatic heterocycles. The molecule has 1 aliphatic heterocycles. The first-order chi connectivity index (χ1) is 10.3. The van der Waals surface area contributed by atoms with Gasteiger partial charge in [-0.1, -0.05) is 54.6 Å². The van der Waals surface area contributed by atoms with Crippen LogP contribution in [0, 0.1) is 6.92 Å². The van der Waals surface area contributed by atoms with Gasteiger partial charge in [0, 0.05) is 29.6 Å². The molecule has 4 rings (SSSR count). The third kappa shape index (κ3) is 2.04. The van der Waals surface area contributed by atoms with Crippen LogP contribution >= 0.6 is 0 Å². The zero-order valence-corrected chi connectivity index (χ0v) is 12.1. The minimum atomic E-state index is 0.941. The second kappa shape index (κ2) is 4.81. The molecule has 2 nitrogen and oxygen atoms in total. The van der Waals surface area contributed by atoms with Crippen molar-refractivity contribution < 1.29 is 0 Å². The van der Waals surface area contributed by atoms with Gasteiger partial charge in [-0.3, -0.25) is 0 Å². The van der Waals surface area contributed by atoms with Gasteiger partial charge >= 0.3 is 0 Å². The second-order valence-electron chi connectivity index (χ2n) is 5.64. The fourth-order valence-corrected chi connectivity index (χ4v) is 3.09. The molecule has 2 aromatic carbocycles. The average Bonchev–Trinajstić information content (AvgIpc) is 2.89. The van der Waals surface area contributed by atoms with Gasteiger partial charge in [0.05, 0.1) is 0 Å². The number of para-hydroxylation sites is 1. The molecule has 2 heterocycles. The van der Waals surface area contributed by atoms with E-state index >= 15 is 0 Å². The number of nitrogens with one attached hydrogen (secondary N) is 1. The van der Waals surface area contributed by atoms with E-state index in [4.69, 9.17) is 0 Å². The van der Waals surface area contributed by atoms with E-state index in [-0.39, 0.29) is 0 Å². The molecule has 0 saturated heterocycles. The molecule has 21 heavy (non-hydrogen) atoms. The molecule has 0 aliphatic carbocycles. The highest BCUT2D eigenvalue weighted by Gasteiger charge is 2.18. The van der Waals surface area contributed by atoms with Crippen LogP contribution < -0.4 is 4.90 Å². The first-order valence-corrected chi connectivity index (χ1v) is 7.39. The van der Waals surface area contributed by atoms with Crippen molar-refractivity contribution in [2.75, 3.05) is 11.4 Å². The molecule has 0 bridgehead atoms. The Kier molecular flexibility index (Phi) is 2.81. The summed E-state index contributed by atoms with van der Waals surface area (Å²) < 4.78 is 0. The lowest BCUT2D eigenvalue weighted by atomic mass is 10.1. The van der Waals surface area contributed by atoms with Crippen molar-refractivity contribution >= 4 is 22.8 Å². The summed E-state index contributed by atoms with van der Waals surface area (Å²) in [5, 5.41) is 1.30. The molecule has 0 fully saturated rings. The molecule has 0 saturated carbocycles. The number of H-pyrrole nitrogens is 1. The third-order valence-corrected chi connectivity index (χ3v) is 4.27.